The molecule has 0 aliphatic carbocycles. The number of aromatic nitrogens is 3. The number of nitrogens with zero attached hydrogens (tertiary/aromatic N) is 5. The van der Waals surface area contributed by atoms with Crippen molar-refractivity contribution in [3.8, 4) is 5.75 Å². The van der Waals surface area contributed by atoms with Crippen LogP contribution >= 0.6 is 23.3 Å². The molecule has 1 aliphatic heterocycles. The molecular formula is C22H27N7O3S2. The van der Waals surface area contributed by atoms with Crippen LogP contribution in [0.1, 0.15) is 20.8 Å². The molecule has 1 fully saturated rings. The molecule has 12 heteroatoms. The topological polar surface area (TPSA) is 116 Å². The van der Waals surface area contributed by atoms with E-state index in [0.29, 0.717) is 27.1 Å². The number of anilines is 3. The fourth-order valence-corrected chi connectivity index (χ4v) is 4.87. The Balaban J connectivity index is 1.34. The average Bonchev–Trinajstić information content (AvgIpc) is 3.49. The molecule has 1 saturated heterocycles. The van der Waals surface area contributed by atoms with Gasteiger partial charge in [0.1, 0.15) is 17.2 Å². The minimum absolute atomic E-state index is 0.0427. The lowest BCUT2D eigenvalue weighted by atomic mass is 10.1. The Hall–Kier alpha value is -3.09. The zero-order valence-electron chi connectivity index (χ0n) is 19.2. The zero-order chi connectivity index (χ0) is 24.2. The number of piperazine rings is 1. The number of phenols is 1. The van der Waals surface area contributed by atoms with Crippen LogP contribution in [0.15, 0.2) is 30.6 Å². The molecule has 2 amide bonds. The molecular weight excluding hydrogens is 474 g/mol. The largest absolute Gasteiger partial charge is 0.508 e. The second-order valence-electron chi connectivity index (χ2n) is 7.90. The number of hydrogen-bond acceptors (Lipinski definition) is 9. The van der Waals surface area contributed by atoms with Gasteiger partial charge in [-0.2, -0.15) is 5.10 Å². The maximum absolute atomic E-state index is 12.7. The molecule has 4 rings (SSSR count). The van der Waals surface area contributed by atoms with Crippen LogP contribution < -0.4 is 10.6 Å². The maximum Gasteiger partial charge on any atom is 0.267 e. The minimum atomic E-state index is -0.306. The van der Waals surface area contributed by atoms with Crippen molar-refractivity contribution < 1.29 is 14.7 Å². The molecule has 0 spiro atoms. The Bertz CT molecular complexity index is 1190. The number of nitrogens with one attached hydrogen (secondary N) is 2. The van der Waals surface area contributed by atoms with Crippen LogP contribution in [0.3, 0.4) is 0 Å². The summed E-state index contributed by atoms with van der Waals surface area (Å²) in [6.45, 7) is 6.97. The van der Waals surface area contributed by atoms with Crippen molar-refractivity contribution in [2.45, 2.75) is 20.4 Å². The molecule has 0 radical (unpaired) electrons. The van der Waals surface area contributed by atoms with Gasteiger partial charge >= 0.3 is 0 Å². The third-order valence-electron chi connectivity index (χ3n) is 5.64. The highest BCUT2D eigenvalue weighted by molar-refractivity contribution is 7.96. The first kappa shape index (κ1) is 24.0. The van der Waals surface area contributed by atoms with Crippen LogP contribution in [-0.4, -0.2) is 73.3 Å². The molecule has 34 heavy (non-hydrogen) atoms. The van der Waals surface area contributed by atoms with E-state index in [9.17, 15) is 14.7 Å². The van der Waals surface area contributed by atoms with Gasteiger partial charge in [0.05, 0.1) is 11.9 Å². The lowest BCUT2D eigenvalue weighted by Crippen LogP contribution is -2.47. The van der Waals surface area contributed by atoms with Gasteiger partial charge in [-0.25, -0.2) is 9.29 Å². The van der Waals surface area contributed by atoms with E-state index >= 15 is 0 Å². The number of benzene rings is 1. The summed E-state index contributed by atoms with van der Waals surface area (Å²) >= 11 is 2.89. The molecule has 1 aliphatic rings. The Morgan fingerprint density at radius 2 is 1.94 bits per heavy atom. The lowest BCUT2D eigenvalue weighted by Gasteiger charge is -2.33. The van der Waals surface area contributed by atoms with E-state index in [0.717, 1.165) is 31.7 Å². The van der Waals surface area contributed by atoms with Gasteiger partial charge < -0.3 is 20.6 Å². The van der Waals surface area contributed by atoms with Crippen molar-refractivity contribution in [3.63, 3.8) is 0 Å². The molecule has 180 valence electrons. The van der Waals surface area contributed by atoms with Gasteiger partial charge in [-0.1, -0.05) is 29.4 Å². The van der Waals surface area contributed by atoms with Crippen LogP contribution in [0.2, 0.25) is 0 Å². The monoisotopic (exact) mass is 501 g/mol. The van der Waals surface area contributed by atoms with E-state index < -0.39 is 0 Å². The van der Waals surface area contributed by atoms with Crippen molar-refractivity contribution in [1.82, 2.24) is 24.0 Å². The molecule has 10 nitrogen and oxygen atoms in total. The average molecular weight is 502 g/mol. The summed E-state index contributed by atoms with van der Waals surface area (Å²) in [6, 6.07) is 5.12. The summed E-state index contributed by atoms with van der Waals surface area (Å²) in [5.74, 6) is 0.408. The van der Waals surface area contributed by atoms with E-state index in [-0.39, 0.29) is 24.1 Å². The fraction of sp³-hybridized carbons (Fsp3) is 0.364. The SMILES string of the molecule is CSN1CCN(C(=O)Cn2ccc(Nc3ncc(C(=O)Nc4c(C)ccc(O)c4C)s3)n2)CC1. The highest BCUT2D eigenvalue weighted by Gasteiger charge is 2.21. The van der Waals surface area contributed by atoms with Gasteiger partial charge in [0.25, 0.3) is 5.91 Å². The summed E-state index contributed by atoms with van der Waals surface area (Å²) in [7, 11) is 0. The molecule has 0 unspecified atom stereocenters. The number of carbonyl (C=O) groups is 2. The Morgan fingerprint density at radius 1 is 1.18 bits per heavy atom. The van der Waals surface area contributed by atoms with Crippen molar-refractivity contribution >= 4 is 51.7 Å². The van der Waals surface area contributed by atoms with Gasteiger partial charge in [-0.3, -0.25) is 14.3 Å². The predicted octanol–water partition coefficient (Wildman–Crippen LogP) is 3.08. The van der Waals surface area contributed by atoms with Gasteiger partial charge in [0.15, 0.2) is 10.9 Å². The summed E-state index contributed by atoms with van der Waals surface area (Å²) in [5, 5.41) is 20.8. The number of amides is 2. The molecule has 3 N–H and O–H groups in total. The van der Waals surface area contributed by atoms with Crippen LogP contribution in [0.5, 0.6) is 5.75 Å². The van der Waals surface area contributed by atoms with Crippen LogP contribution in [0, 0.1) is 13.8 Å². The fourth-order valence-electron chi connectivity index (χ4n) is 3.63. The summed E-state index contributed by atoms with van der Waals surface area (Å²) in [6.07, 6.45) is 5.28. The van der Waals surface area contributed by atoms with Crippen molar-refractivity contribution in [2.75, 3.05) is 43.1 Å². The minimum Gasteiger partial charge on any atom is -0.508 e. The molecule has 0 atom stereocenters. The van der Waals surface area contributed by atoms with Crippen molar-refractivity contribution in [2.24, 2.45) is 0 Å². The van der Waals surface area contributed by atoms with Gasteiger partial charge in [0.2, 0.25) is 5.91 Å². The third-order valence-corrected chi connectivity index (χ3v) is 7.43. The normalized spacial score (nSPS) is 14.3. The van der Waals surface area contributed by atoms with E-state index in [2.05, 4.69) is 25.0 Å². The highest BCUT2D eigenvalue weighted by atomic mass is 32.2. The molecule has 1 aromatic carbocycles. The molecule has 2 aromatic heterocycles. The van der Waals surface area contributed by atoms with Crippen molar-refractivity contribution in [3.05, 3.63) is 46.6 Å². The van der Waals surface area contributed by atoms with Gasteiger partial charge in [-0.05, 0) is 31.7 Å². The number of hydrogen-bond donors (Lipinski definition) is 3. The molecule has 0 saturated carbocycles. The number of aromatic hydroxyl groups is 1. The van der Waals surface area contributed by atoms with Crippen LogP contribution in [0.4, 0.5) is 16.6 Å². The molecule has 0 bridgehead atoms. The molecule has 3 heterocycles. The van der Waals surface area contributed by atoms with Crippen LogP contribution in [0.25, 0.3) is 0 Å². The summed E-state index contributed by atoms with van der Waals surface area (Å²) in [4.78, 5) is 31.8. The highest BCUT2D eigenvalue weighted by Crippen LogP contribution is 2.29. The molecule has 3 aromatic rings. The van der Waals surface area contributed by atoms with E-state index in [1.165, 1.54) is 17.5 Å². The number of carbonyl (C=O) groups excluding carboxylic acids is 2. The summed E-state index contributed by atoms with van der Waals surface area (Å²) < 4.78 is 3.84. The zero-order valence-corrected chi connectivity index (χ0v) is 20.9. The second kappa shape index (κ2) is 10.5. The second-order valence-corrected chi connectivity index (χ2v) is 9.81. The lowest BCUT2D eigenvalue weighted by molar-refractivity contribution is -0.133. The first-order valence-corrected chi connectivity index (χ1v) is 12.8. The first-order valence-electron chi connectivity index (χ1n) is 10.8. The summed E-state index contributed by atoms with van der Waals surface area (Å²) in [5.41, 5.74) is 2.06. The van der Waals surface area contributed by atoms with Gasteiger partial charge in [0, 0.05) is 44.0 Å². The smallest absolute Gasteiger partial charge is 0.267 e. The first-order chi connectivity index (χ1) is 16.3. The number of thiazole rings is 1. The number of rotatable bonds is 7. The Morgan fingerprint density at radius 3 is 2.68 bits per heavy atom. The maximum atomic E-state index is 12.7. The van der Waals surface area contributed by atoms with Crippen LogP contribution in [-0.2, 0) is 11.3 Å². The Labute approximate surface area is 206 Å². The Kier molecular flexibility index (Phi) is 7.39. The van der Waals surface area contributed by atoms with E-state index in [4.69, 9.17) is 0 Å². The van der Waals surface area contributed by atoms with E-state index in [1.807, 2.05) is 18.1 Å². The number of phenolic OH excluding ortho intramolecular Hbond substituents is 1. The van der Waals surface area contributed by atoms with Gasteiger partial charge in [-0.15, -0.1) is 0 Å². The van der Waals surface area contributed by atoms with E-state index in [1.54, 1.807) is 47.9 Å². The quantitative estimate of drug-likeness (QED) is 0.423. The predicted molar refractivity (Wildman–Crippen MR) is 135 cm³/mol. The third kappa shape index (κ3) is 5.51. The number of aryl methyl sites for hydroxylation is 1. The van der Waals surface area contributed by atoms with Crippen molar-refractivity contribution in [1.29, 1.82) is 0 Å². The standard InChI is InChI=1S/C22H27N7O3S2/c1-14-4-5-16(30)15(2)20(14)25-21(32)17-12-23-22(34-17)24-18-6-7-28(26-18)13-19(31)27-8-10-29(33-3)11-9-27/h4-7,12,30H,8-11,13H2,1-3H3,(H,25,32)(H,23,24,26).